The Labute approximate surface area is 253 Å². The molecule has 0 aliphatic rings. The maximum atomic E-state index is 12.6. The van der Waals surface area contributed by atoms with Crippen LogP contribution < -0.4 is 10.1 Å². The molecule has 234 valence electrons. The number of benzene rings is 2. The van der Waals surface area contributed by atoms with Gasteiger partial charge < -0.3 is 19.8 Å². The van der Waals surface area contributed by atoms with Crippen molar-refractivity contribution < 1.29 is 28.4 Å². The number of carbonyl (C=O) groups is 1. The monoisotopic (exact) mass is 601 g/mol. The maximum Gasteiger partial charge on any atom is 0.469 e. The third-order valence-electron chi connectivity index (χ3n) is 7.33. The van der Waals surface area contributed by atoms with E-state index in [1.54, 1.807) is 7.11 Å². The molecule has 0 saturated heterocycles. The molecular formula is C34H52NO6P. The highest BCUT2D eigenvalue weighted by Gasteiger charge is 2.20. The molecule has 2 aromatic rings. The summed E-state index contributed by atoms with van der Waals surface area (Å²) in [5.74, 6) is 0.669. The second-order valence-corrected chi connectivity index (χ2v) is 12.3. The van der Waals surface area contributed by atoms with Crippen molar-refractivity contribution in [1.82, 2.24) is 5.32 Å². The molecule has 1 amide bonds. The molecule has 0 spiro atoms. The molecule has 8 heteroatoms. The van der Waals surface area contributed by atoms with Crippen LogP contribution in [0.3, 0.4) is 0 Å². The van der Waals surface area contributed by atoms with Gasteiger partial charge in [0.1, 0.15) is 5.75 Å². The number of hydrogen-bond donors (Lipinski definition) is 3. The van der Waals surface area contributed by atoms with Gasteiger partial charge in [-0.15, -0.1) is 0 Å². The number of rotatable bonds is 23. The van der Waals surface area contributed by atoms with Gasteiger partial charge in [-0.1, -0.05) is 107 Å². The first-order valence-electron chi connectivity index (χ1n) is 15.7. The molecule has 42 heavy (non-hydrogen) atoms. The highest BCUT2D eigenvalue weighted by atomic mass is 31.2. The van der Waals surface area contributed by atoms with E-state index in [1.807, 2.05) is 48.5 Å². The molecule has 0 fully saturated rings. The van der Waals surface area contributed by atoms with Crippen LogP contribution in [0.5, 0.6) is 5.75 Å². The lowest BCUT2D eigenvalue weighted by Crippen LogP contribution is -2.39. The average Bonchev–Trinajstić information content (AvgIpc) is 2.98. The Bertz CT molecular complexity index is 1060. The van der Waals surface area contributed by atoms with E-state index in [4.69, 9.17) is 9.26 Å². The fourth-order valence-electron chi connectivity index (χ4n) is 4.90. The summed E-state index contributed by atoms with van der Waals surface area (Å²) in [4.78, 5) is 31.0. The van der Waals surface area contributed by atoms with E-state index in [9.17, 15) is 19.1 Å². The number of carbonyl (C=O) groups excluding carboxylic acids is 1. The van der Waals surface area contributed by atoms with Crippen LogP contribution in [0.15, 0.2) is 60.7 Å². The van der Waals surface area contributed by atoms with E-state index in [1.165, 1.54) is 51.4 Å². The van der Waals surface area contributed by atoms with Gasteiger partial charge >= 0.3 is 7.82 Å². The predicted molar refractivity (Wildman–Crippen MR) is 172 cm³/mol. The molecule has 1 atom stereocenters. The number of hydrogen-bond acceptors (Lipinski definition) is 4. The van der Waals surface area contributed by atoms with Crippen LogP contribution in [0.2, 0.25) is 0 Å². The Morgan fingerprint density at radius 1 is 0.810 bits per heavy atom. The first-order chi connectivity index (χ1) is 20.3. The minimum atomic E-state index is -4.64. The van der Waals surface area contributed by atoms with Crippen LogP contribution in [-0.4, -0.2) is 35.5 Å². The minimum Gasteiger partial charge on any atom is -0.497 e. The lowest BCUT2D eigenvalue weighted by molar-refractivity contribution is -0.122. The molecule has 1 unspecified atom stereocenters. The maximum absolute atomic E-state index is 12.6. The molecule has 7 nitrogen and oxygen atoms in total. The van der Waals surface area contributed by atoms with E-state index < -0.39 is 13.9 Å². The van der Waals surface area contributed by atoms with Crippen molar-refractivity contribution in [2.24, 2.45) is 0 Å². The Morgan fingerprint density at radius 2 is 1.33 bits per heavy atom. The average molecular weight is 602 g/mol. The Kier molecular flexibility index (Phi) is 18.1. The predicted octanol–water partition coefficient (Wildman–Crippen LogP) is 8.54. The molecule has 0 aliphatic carbocycles. The second-order valence-electron chi connectivity index (χ2n) is 11.0. The first-order valence-corrected chi connectivity index (χ1v) is 17.2. The van der Waals surface area contributed by atoms with Gasteiger partial charge in [0, 0.05) is 6.42 Å². The van der Waals surface area contributed by atoms with E-state index in [0.29, 0.717) is 12.8 Å². The van der Waals surface area contributed by atoms with Crippen LogP contribution in [0.4, 0.5) is 0 Å². The molecule has 0 aliphatic heterocycles. The summed E-state index contributed by atoms with van der Waals surface area (Å²) in [6.45, 7) is 1.99. The molecule has 0 radical (unpaired) electrons. The van der Waals surface area contributed by atoms with Crippen molar-refractivity contribution in [2.45, 2.75) is 109 Å². The van der Waals surface area contributed by atoms with Gasteiger partial charge in [-0.25, -0.2) is 4.57 Å². The van der Waals surface area contributed by atoms with Gasteiger partial charge in [-0.2, -0.15) is 0 Å². The highest BCUT2D eigenvalue weighted by molar-refractivity contribution is 7.46. The zero-order valence-corrected chi connectivity index (χ0v) is 26.5. The largest absolute Gasteiger partial charge is 0.497 e. The number of ether oxygens (including phenoxy) is 1. The normalized spacial score (nSPS) is 12.5. The number of methoxy groups -OCH3 is 1. The summed E-state index contributed by atoms with van der Waals surface area (Å²) < 4.78 is 21.3. The topological polar surface area (TPSA) is 105 Å². The number of phosphoric acid groups is 1. The molecule has 0 bridgehead atoms. The van der Waals surface area contributed by atoms with Gasteiger partial charge in [0.05, 0.1) is 19.8 Å². The fraction of sp³-hybridized carbons (Fsp3) is 0.559. The van der Waals surface area contributed by atoms with Crippen molar-refractivity contribution in [3.8, 4) is 16.9 Å². The van der Waals surface area contributed by atoms with Gasteiger partial charge in [0.25, 0.3) is 0 Å². The summed E-state index contributed by atoms with van der Waals surface area (Å²) in [6, 6.07) is 15.1. The SMILES string of the molecule is CCCCCCCCC=CCCCCCCCC(=O)NC(COP(=O)(O)O)Cc1ccc(-c2ccc(OC)cc2)cc1. The molecule has 0 saturated carbocycles. The van der Waals surface area contributed by atoms with E-state index >= 15 is 0 Å². The second kappa shape index (κ2) is 21.3. The third kappa shape index (κ3) is 16.9. The van der Waals surface area contributed by atoms with E-state index in [2.05, 4.69) is 24.4 Å². The summed E-state index contributed by atoms with van der Waals surface area (Å²) in [5.41, 5.74) is 3.03. The lowest BCUT2D eigenvalue weighted by Gasteiger charge is -2.19. The Morgan fingerprint density at radius 3 is 1.88 bits per heavy atom. The lowest BCUT2D eigenvalue weighted by atomic mass is 10.0. The van der Waals surface area contributed by atoms with Gasteiger partial charge in [0.15, 0.2) is 0 Å². The zero-order valence-electron chi connectivity index (χ0n) is 25.6. The number of nitrogens with one attached hydrogen (secondary N) is 1. The molecule has 0 aromatic heterocycles. The molecule has 2 aromatic carbocycles. The highest BCUT2D eigenvalue weighted by Crippen LogP contribution is 2.36. The molecule has 0 heterocycles. The van der Waals surface area contributed by atoms with Crippen molar-refractivity contribution in [1.29, 1.82) is 0 Å². The third-order valence-corrected chi connectivity index (χ3v) is 7.82. The number of unbranched alkanes of at least 4 members (excludes halogenated alkanes) is 11. The molecule has 2 rings (SSSR count). The van der Waals surface area contributed by atoms with Crippen LogP contribution >= 0.6 is 7.82 Å². The summed E-state index contributed by atoms with van der Waals surface area (Å²) >= 11 is 0. The number of allylic oxidation sites excluding steroid dienone is 2. The van der Waals surface area contributed by atoms with Gasteiger partial charge in [-0.05, 0) is 67.3 Å². The van der Waals surface area contributed by atoms with E-state index in [-0.39, 0.29) is 12.5 Å². The van der Waals surface area contributed by atoms with Crippen LogP contribution in [0, 0.1) is 0 Å². The standard InChI is InChI=1S/C34H52NO6P/c1-3-4-5-6-7-8-9-10-11-12-13-14-15-16-17-18-34(36)35-32(28-41-42(37,38)39)27-29-19-21-30(22-20-29)31-23-25-33(40-2)26-24-31/h10-11,19-26,32H,3-9,12-18,27-28H2,1-2H3,(H,35,36)(H2,37,38,39). The quantitative estimate of drug-likeness (QED) is 0.0670. The molecule has 3 N–H and O–H groups in total. The smallest absolute Gasteiger partial charge is 0.469 e. The fourth-order valence-corrected chi connectivity index (χ4v) is 5.27. The summed E-state index contributed by atoms with van der Waals surface area (Å²) in [7, 11) is -3.01. The summed E-state index contributed by atoms with van der Waals surface area (Å²) in [5, 5.41) is 2.92. The van der Waals surface area contributed by atoms with Crippen molar-refractivity contribution in [3.05, 3.63) is 66.2 Å². The molecular weight excluding hydrogens is 549 g/mol. The van der Waals surface area contributed by atoms with Crippen molar-refractivity contribution in [2.75, 3.05) is 13.7 Å². The van der Waals surface area contributed by atoms with Crippen molar-refractivity contribution in [3.63, 3.8) is 0 Å². The van der Waals surface area contributed by atoms with Gasteiger partial charge in [-0.3, -0.25) is 9.32 Å². The van der Waals surface area contributed by atoms with E-state index in [0.717, 1.165) is 54.5 Å². The van der Waals surface area contributed by atoms with Crippen LogP contribution in [0.1, 0.15) is 102 Å². The minimum absolute atomic E-state index is 0.123. The Hall–Kier alpha value is -2.44. The van der Waals surface area contributed by atoms with Crippen LogP contribution in [0.25, 0.3) is 11.1 Å². The summed E-state index contributed by atoms with van der Waals surface area (Å²) in [6.07, 6.45) is 21.0. The number of amides is 1. The number of phosphoric ester groups is 1. The van der Waals surface area contributed by atoms with Gasteiger partial charge in [0.2, 0.25) is 5.91 Å². The van der Waals surface area contributed by atoms with Crippen LogP contribution in [-0.2, 0) is 20.3 Å². The Balaban J connectivity index is 1.68. The van der Waals surface area contributed by atoms with Crippen molar-refractivity contribution >= 4 is 13.7 Å². The zero-order chi connectivity index (χ0) is 30.5. The first kappa shape index (κ1) is 35.8.